The number of likely N-dealkylation sites (N-methyl/N-ethyl adjacent to an activating group) is 1. The molecule has 29 heavy (non-hydrogen) atoms. The molecule has 7 nitrogen and oxygen atoms in total. The molecular weight excluding hydrogens is 390 g/mol. The molecular formula is C21H25N3O4S. The van der Waals surface area contributed by atoms with Crippen LogP contribution in [0.15, 0.2) is 70.2 Å². The van der Waals surface area contributed by atoms with Crippen LogP contribution < -0.4 is 10.0 Å². The molecule has 3 aromatic rings. The molecule has 1 heterocycles. The summed E-state index contributed by atoms with van der Waals surface area (Å²) in [6.07, 6.45) is 1.64. The van der Waals surface area contributed by atoms with Gasteiger partial charge in [-0.2, -0.15) is 0 Å². The molecule has 1 unspecified atom stereocenters. The number of benzene rings is 2. The summed E-state index contributed by atoms with van der Waals surface area (Å²) in [4.78, 5) is 14.3. The van der Waals surface area contributed by atoms with Crippen molar-refractivity contribution in [2.24, 2.45) is 0 Å². The molecule has 0 radical (unpaired) electrons. The number of amides is 1. The summed E-state index contributed by atoms with van der Waals surface area (Å²) >= 11 is 0. The molecule has 154 valence electrons. The highest BCUT2D eigenvalue weighted by Crippen LogP contribution is 2.19. The van der Waals surface area contributed by atoms with Crippen LogP contribution in [0.1, 0.15) is 18.2 Å². The maximum absolute atomic E-state index is 12.5. The SMILES string of the molecule is CN(C)C(CNC(=O)CCNS(=O)(=O)c1ccc2ccccc2c1)c1ccco1. The Kier molecular flexibility index (Phi) is 6.68. The topological polar surface area (TPSA) is 91.7 Å². The first-order chi connectivity index (χ1) is 13.9. The van der Waals surface area contributed by atoms with Crippen LogP contribution >= 0.6 is 0 Å². The summed E-state index contributed by atoms with van der Waals surface area (Å²) in [5.41, 5.74) is 0. The van der Waals surface area contributed by atoms with E-state index < -0.39 is 10.0 Å². The van der Waals surface area contributed by atoms with Crippen molar-refractivity contribution in [3.8, 4) is 0 Å². The number of rotatable bonds is 9. The molecule has 3 rings (SSSR count). The monoisotopic (exact) mass is 415 g/mol. The summed E-state index contributed by atoms with van der Waals surface area (Å²) in [7, 11) is 0.119. The number of nitrogens with one attached hydrogen (secondary N) is 2. The van der Waals surface area contributed by atoms with Gasteiger partial charge < -0.3 is 9.73 Å². The van der Waals surface area contributed by atoms with E-state index in [0.29, 0.717) is 6.54 Å². The molecule has 0 fully saturated rings. The third-order valence-corrected chi connectivity index (χ3v) is 6.12. The second kappa shape index (κ2) is 9.21. The van der Waals surface area contributed by atoms with E-state index in [-0.39, 0.29) is 29.8 Å². The normalized spacial score (nSPS) is 12.9. The van der Waals surface area contributed by atoms with E-state index in [2.05, 4.69) is 10.0 Å². The highest BCUT2D eigenvalue weighted by molar-refractivity contribution is 7.89. The molecule has 0 spiro atoms. The lowest BCUT2D eigenvalue weighted by Crippen LogP contribution is -2.36. The highest BCUT2D eigenvalue weighted by atomic mass is 32.2. The molecule has 2 N–H and O–H groups in total. The number of furan rings is 1. The van der Waals surface area contributed by atoms with E-state index in [0.717, 1.165) is 16.5 Å². The smallest absolute Gasteiger partial charge is 0.240 e. The maximum Gasteiger partial charge on any atom is 0.240 e. The van der Waals surface area contributed by atoms with Gasteiger partial charge >= 0.3 is 0 Å². The zero-order valence-electron chi connectivity index (χ0n) is 16.5. The fraction of sp³-hybridized carbons (Fsp3) is 0.286. The Morgan fingerprint density at radius 2 is 1.83 bits per heavy atom. The summed E-state index contributed by atoms with van der Waals surface area (Å²) in [5.74, 6) is 0.525. The van der Waals surface area contributed by atoms with Crippen LogP contribution in [-0.2, 0) is 14.8 Å². The van der Waals surface area contributed by atoms with Gasteiger partial charge in [0.1, 0.15) is 5.76 Å². The molecule has 2 aromatic carbocycles. The number of hydrogen-bond acceptors (Lipinski definition) is 5. The predicted octanol–water partition coefficient (Wildman–Crippen LogP) is 2.52. The van der Waals surface area contributed by atoms with E-state index in [1.165, 1.54) is 0 Å². The molecule has 1 atom stereocenters. The standard InChI is InChI=1S/C21H25N3O4S/c1-24(2)19(20-8-5-13-28-20)15-22-21(25)11-12-23-29(26,27)18-10-9-16-6-3-4-7-17(16)14-18/h3-10,13-14,19,23H,11-12,15H2,1-2H3,(H,22,25). The van der Waals surface area contributed by atoms with Crippen LogP contribution in [0.4, 0.5) is 0 Å². The van der Waals surface area contributed by atoms with Crippen molar-refractivity contribution < 1.29 is 17.6 Å². The van der Waals surface area contributed by atoms with Gasteiger partial charge in [0, 0.05) is 19.5 Å². The molecule has 8 heteroatoms. The van der Waals surface area contributed by atoms with Crippen molar-refractivity contribution in [1.82, 2.24) is 14.9 Å². The first-order valence-electron chi connectivity index (χ1n) is 9.32. The fourth-order valence-electron chi connectivity index (χ4n) is 3.03. The van der Waals surface area contributed by atoms with Crippen molar-refractivity contribution in [1.29, 1.82) is 0 Å². The molecule has 0 aliphatic heterocycles. The summed E-state index contributed by atoms with van der Waals surface area (Å²) in [5, 5.41) is 4.65. The molecule has 0 aliphatic rings. The Morgan fingerprint density at radius 3 is 2.52 bits per heavy atom. The number of sulfonamides is 1. The number of hydrogen-bond donors (Lipinski definition) is 2. The first-order valence-corrected chi connectivity index (χ1v) is 10.8. The minimum absolute atomic E-state index is 0.0222. The van der Waals surface area contributed by atoms with E-state index in [1.807, 2.05) is 49.3 Å². The van der Waals surface area contributed by atoms with Crippen LogP contribution in [-0.4, -0.2) is 46.4 Å². The highest BCUT2D eigenvalue weighted by Gasteiger charge is 2.18. The molecule has 0 aliphatic carbocycles. The minimum Gasteiger partial charge on any atom is -0.468 e. The zero-order valence-corrected chi connectivity index (χ0v) is 17.3. The van der Waals surface area contributed by atoms with Gasteiger partial charge in [0.05, 0.1) is 17.2 Å². The van der Waals surface area contributed by atoms with Crippen LogP contribution in [0.25, 0.3) is 10.8 Å². The van der Waals surface area contributed by atoms with Crippen LogP contribution in [0.5, 0.6) is 0 Å². The molecule has 0 bridgehead atoms. The largest absolute Gasteiger partial charge is 0.468 e. The average Bonchev–Trinajstić information content (AvgIpc) is 3.21. The van der Waals surface area contributed by atoms with Gasteiger partial charge in [-0.1, -0.05) is 30.3 Å². The van der Waals surface area contributed by atoms with Gasteiger partial charge in [-0.3, -0.25) is 9.69 Å². The number of carbonyl (C=O) groups is 1. The van der Waals surface area contributed by atoms with E-state index in [9.17, 15) is 13.2 Å². The van der Waals surface area contributed by atoms with Crippen molar-refractivity contribution >= 4 is 26.7 Å². The summed E-state index contributed by atoms with van der Waals surface area (Å²) in [6.45, 7) is 0.394. The summed E-state index contributed by atoms with van der Waals surface area (Å²) < 4.78 is 32.9. The first kappa shape index (κ1) is 21.0. The Morgan fingerprint density at radius 1 is 1.07 bits per heavy atom. The lowest BCUT2D eigenvalue weighted by molar-refractivity contribution is -0.121. The lowest BCUT2D eigenvalue weighted by Gasteiger charge is -2.22. The number of carbonyl (C=O) groups excluding carboxylic acids is 1. The maximum atomic E-state index is 12.5. The van der Waals surface area contributed by atoms with Crippen molar-refractivity contribution in [3.63, 3.8) is 0 Å². The van der Waals surface area contributed by atoms with Crippen LogP contribution in [0.3, 0.4) is 0 Å². The number of fused-ring (bicyclic) bond motifs is 1. The summed E-state index contributed by atoms with van der Waals surface area (Å²) in [6, 6.07) is 16.1. The Bertz CT molecular complexity index is 1060. The predicted molar refractivity (Wildman–Crippen MR) is 112 cm³/mol. The Hall–Kier alpha value is -2.68. The van der Waals surface area contributed by atoms with E-state index in [1.54, 1.807) is 30.5 Å². The third kappa shape index (κ3) is 5.44. The Labute approximate surface area is 170 Å². The van der Waals surface area contributed by atoms with Gasteiger partial charge in [0.15, 0.2) is 0 Å². The van der Waals surface area contributed by atoms with Crippen LogP contribution in [0, 0.1) is 0 Å². The minimum atomic E-state index is -3.68. The van der Waals surface area contributed by atoms with Gasteiger partial charge in [-0.15, -0.1) is 0 Å². The van der Waals surface area contributed by atoms with E-state index >= 15 is 0 Å². The quantitative estimate of drug-likeness (QED) is 0.560. The Balaban J connectivity index is 1.52. The van der Waals surface area contributed by atoms with Gasteiger partial charge in [-0.25, -0.2) is 13.1 Å². The fourth-order valence-corrected chi connectivity index (χ4v) is 4.10. The van der Waals surface area contributed by atoms with Gasteiger partial charge in [-0.05, 0) is 49.1 Å². The molecule has 0 saturated carbocycles. The molecule has 1 aromatic heterocycles. The van der Waals surface area contributed by atoms with Gasteiger partial charge in [0.2, 0.25) is 15.9 Å². The molecule has 0 saturated heterocycles. The average molecular weight is 416 g/mol. The zero-order chi connectivity index (χ0) is 20.9. The van der Waals surface area contributed by atoms with E-state index in [4.69, 9.17) is 4.42 Å². The third-order valence-electron chi connectivity index (χ3n) is 4.66. The number of nitrogens with zero attached hydrogens (tertiary/aromatic N) is 1. The van der Waals surface area contributed by atoms with Crippen molar-refractivity contribution in [2.45, 2.75) is 17.4 Å². The van der Waals surface area contributed by atoms with Gasteiger partial charge in [0.25, 0.3) is 0 Å². The molecule has 1 amide bonds. The second-order valence-electron chi connectivity index (χ2n) is 6.96. The second-order valence-corrected chi connectivity index (χ2v) is 8.72. The van der Waals surface area contributed by atoms with Crippen molar-refractivity contribution in [2.75, 3.05) is 27.2 Å². The lowest BCUT2D eigenvalue weighted by atomic mass is 10.1. The van der Waals surface area contributed by atoms with Crippen molar-refractivity contribution in [3.05, 3.63) is 66.6 Å². The van der Waals surface area contributed by atoms with Crippen LogP contribution in [0.2, 0.25) is 0 Å².